The Morgan fingerprint density at radius 3 is 2.67 bits per heavy atom. The minimum atomic E-state index is -1.13. The van der Waals surface area contributed by atoms with Gasteiger partial charge in [0, 0.05) is 5.69 Å². The standard InChI is InChI=1S/C16H13N3O4S/c1-9-12-15(17-8-19(16(12)23)7-11(20)21)24-13(9)14(22)18-10-5-3-2-4-6-10/h2-6,8H,7H2,1H3,(H,18,22)(H,20,21). The lowest BCUT2D eigenvalue weighted by atomic mass is 10.2. The highest BCUT2D eigenvalue weighted by Crippen LogP contribution is 2.27. The smallest absolute Gasteiger partial charge is 0.323 e. The van der Waals surface area contributed by atoms with Crippen LogP contribution >= 0.6 is 11.3 Å². The Balaban J connectivity index is 2.02. The molecule has 7 nitrogen and oxygen atoms in total. The second-order valence-electron chi connectivity index (χ2n) is 5.13. The lowest BCUT2D eigenvalue weighted by Gasteiger charge is -2.03. The summed E-state index contributed by atoms with van der Waals surface area (Å²) in [7, 11) is 0. The number of carbonyl (C=O) groups excluding carboxylic acids is 1. The molecule has 0 bridgehead atoms. The fourth-order valence-electron chi connectivity index (χ4n) is 2.34. The van der Waals surface area contributed by atoms with Crippen molar-refractivity contribution in [2.75, 3.05) is 5.32 Å². The summed E-state index contributed by atoms with van der Waals surface area (Å²) >= 11 is 1.11. The molecule has 2 N–H and O–H groups in total. The lowest BCUT2D eigenvalue weighted by Crippen LogP contribution is -2.24. The average Bonchev–Trinajstić information content (AvgIpc) is 2.88. The number of nitrogens with zero attached hydrogens (tertiary/aromatic N) is 2. The van der Waals surface area contributed by atoms with E-state index in [4.69, 9.17) is 5.11 Å². The van der Waals surface area contributed by atoms with E-state index < -0.39 is 18.1 Å². The van der Waals surface area contributed by atoms with Gasteiger partial charge in [0.15, 0.2) is 0 Å². The van der Waals surface area contributed by atoms with Gasteiger partial charge in [-0.2, -0.15) is 0 Å². The van der Waals surface area contributed by atoms with Crippen molar-refractivity contribution in [3.05, 3.63) is 57.5 Å². The highest BCUT2D eigenvalue weighted by molar-refractivity contribution is 7.20. The Bertz CT molecular complexity index is 992. The molecule has 2 aromatic heterocycles. The fourth-order valence-corrected chi connectivity index (χ4v) is 3.38. The van der Waals surface area contributed by atoms with Crippen LogP contribution in [-0.4, -0.2) is 26.5 Å². The first kappa shape index (κ1) is 15.9. The predicted octanol–water partition coefficient (Wildman–Crippen LogP) is 2.10. The Hall–Kier alpha value is -3.00. The number of benzene rings is 1. The van der Waals surface area contributed by atoms with Crippen molar-refractivity contribution in [1.29, 1.82) is 0 Å². The van der Waals surface area contributed by atoms with Crippen LogP contribution < -0.4 is 10.9 Å². The molecule has 0 saturated heterocycles. The monoisotopic (exact) mass is 343 g/mol. The molecule has 0 aliphatic rings. The third-order valence-corrected chi connectivity index (χ3v) is 4.66. The number of aryl methyl sites for hydroxylation is 1. The van der Waals surface area contributed by atoms with Gasteiger partial charge in [-0.1, -0.05) is 18.2 Å². The molecule has 0 fully saturated rings. The highest BCUT2D eigenvalue weighted by atomic mass is 32.1. The Kier molecular flexibility index (Phi) is 4.13. The number of fused-ring (bicyclic) bond motifs is 1. The Labute approximate surface area is 140 Å². The van der Waals surface area contributed by atoms with Gasteiger partial charge in [-0.3, -0.25) is 19.0 Å². The van der Waals surface area contributed by atoms with Crippen molar-refractivity contribution in [3.63, 3.8) is 0 Å². The van der Waals surface area contributed by atoms with E-state index in [9.17, 15) is 14.4 Å². The van der Waals surface area contributed by atoms with Crippen molar-refractivity contribution in [1.82, 2.24) is 9.55 Å². The summed E-state index contributed by atoms with van der Waals surface area (Å²) in [6, 6.07) is 8.98. The largest absolute Gasteiger partial charge is 0.480 e. The number of hydrogen-bond donors (Lipinski definition) is 2. The maximum Gasteiger partial charge on any atom is 0.323 e. The number of rotatable bonds is 4. The number of thiophene rings is 1. The van der Waals surface area contributed by atoms with Crippen molar-refractivity contribution in [2.24, 2.45) is 0 Å². The zero-order chi connectivity index (χ0) is 17.3. The van der Waals surface area contributed by atoms with E-state index in [1.807, 2.05) is 6.07 Å². The first-order chi connectivity index (χ1) is 11.5. The molecule has 0 atom stereocenters. The molecule has 24 heavy (non-hydrogen) atoms. The first-order valence-corrected chi connectivity index (χ1v) is 7.85. The molecule has 0 aliphatic carbocycles. The zero-order valence-corrected chi connectivity index (χ0v) is 13.5. The summed E-state index contributed by atoms with van der Waals surface area (Å²) in [5, 5.41) is 11.9. The average molecular weight is 343 g/mol. The van der Waals surface area contributed by atoms with E-state index in [0.717, 1.165) is 15.9 Å². The van der Waals surface area contributed by atoms with Gasteiger partial charge in [0.1, 0.15) is 11.4 Å². The molecule has 0 aliphatic heterocycles. The molecular weight excluding hydrogens is 330 g/mol. The molecule has 0 radical (unpaired) electrons. The quantitative estimate of drug-likeness (QED) is 0.755. The van der Waals surface area contributed by atoms with Gasteiger partial charge >= 0.3 is 5.97 Å². The van der Waals surface area contributed by atoms with E-state index in [0.29, 0.717) is 21.0 Å². The normalized spacial score (nSPS) is 10.7. The lowest BCUT2D eigenvalue weighted by molar-refractivity contribution is -0.137. The number of anilines is 1. The summed E-state index contributed by atoms with van der Waals surface area (Å²) in [5.74, 6) is -1.46. The van der Waals surface area contributed by atoms with E-state index >= 15 is 0 Å². The summed E-state index contributed by atoms with van der Waals surface area (Å²) in [6.45, 7) is 1.19. The van der Waals surface area contributed by atoms with Crippen LogP contribution in [0.1, 0.15) is 15.2 Å². The molecule has 0 saturated carbocycles. The van der Waals surface area contributed by atoms with Gasteiger partial charge in [-0.05, 0) is 24.6 Å². The fraction of sp³-hybridized carbons (Fsp3) is 0.125. The van der Waals surface area contributed by atoms with Gasteiger partial charge in [0.2, 0.25) is 0 Å². The number of aliphatic carboxylic acids is 1. The number of aromatic nitrogens is 2. The SMILES string of the molecule is Cc1c(C(=O)Nc2ccccc2)sc2ncn(CC(=O)O)c(=O)c12. The summed E-state index contributed by atoms with van der Waals surface area (Å²) in [6.07, 6.45) is 1.19. The van der Waals surface area contributed by atoms with Crippen molar-refractivity contribution in [3.8, 4) is 0 Å². The number of para-hydroxylation sites is 1. The van der Waals surface area contributed by atoms with Crippen molar-refractivity contribution < 1.29 is 14.7 Å². The Morgan fingerprint density at radius 2 is 2.00 bits per heavy atom. The van der Waals surface area contributed by atoms with Gasteiger partial charge in [-0.25, -0.2) is 4.98 Å². The van der Waals surface area contributed by atoms with E-state index in [2.05, 4.69) is 10.3 Å². The molecule has 8 heteroatoms. The van der Waals surface area contributed by atoms with Crippen LogP contribution in [0.5, 0.6) is 0 Å². The zero-order valence-electron chi connectivity index (χ0n) is 12.6. The van der Waals surface area contributed by atoms with Crippen LogP contribution in [0.4, 0.5) is 5.69 Å². The predicted molar refractivity (Wildman–Crippen MR) is 90.6 cm³/mol. The topological polar surface area (TPSA) is 101 Å². The van der Waals surface area contributed by atoms with Gasteiger partial charge in [0.05, 0.1) is 16.6 Å². The second-order valence-corrected chi connectivity index (χ2v) is 6.13. The number of hydrogen-bond acceptors (Lipinski definition) is 5. The summed E-state index contributed by atoms with van der Waals surface area (Å²) in [4.78, 5) is 40.6. The van der Waals surface area contributed by atoms with Gasteiger partial charge in [-0.15, -0.1) is 11.3 Å². The van der Waals surface area contributed by atoms with E-state index in [-0.39, 0.29) is 11.3 Å². The van der Waals surface area contributed by atoms with Gasteiger partial charge in [0.25, 0.3) is 11.5 Å². The molecule has 1 amide bonds. The maximum absolute atomic E-state index is 12.4. The molecule has 2 heterocycles. The minimum Gasteiger partial charge on any atom is -0.480 e. The second kappa shape index (κ2) is 6.25. The number of amides is 1. The van der Waals surface area contributed by atoms with Crippen LogP contribution in [0.15, 0.2) is 41.5 Å². The van der Waals surface area contributed by atoms with Crippen LogP contribution in [0, 0.1) is 6.92 Å². The Morgan fingerprint density at radius 1 is 1.29 bits per heavy atom. The molecule has 0 unspecified atom stereocenters. The number of carboxylic acid groups (broad SMARTS) is 1. The van der Waals surface area contributed by atoms with E-state index in [1.54, 1.807) is 31.2 Å². The summed E-state index contributed by atoms with van der Waals surface area (Å²) in [5.41, 5.74) is 0.686. The van der Waals surface area contributed by atoms with Crippen molar-refractivity contribution in [2.45, 2.75) is 13.5 Å². The highest BCUT2D eigenvalue weighted by Gasteiger charge is 2.20. The first-order valence-electron chi connectivity index (χ1n) is 7.04. The number of carboxylic acids is 1. The third kappa shape index (κ3) is 2.91. The molecule has 3 rings (SSSR count). The maximum atomic E-state index is 12.4. The summed E-state index contributed by atoms with van der Waals surface area (Å²) < 4.78 is 1.02. The molecular formula is C16H13N3O4S. The van der Waals surface area contributed by atoms with Crippen molar-refractivity contribution >= 4 is 39.1 Å². The van der Waals surface area contributed by atoms with Gasteiger partial charge < -0.3 is 10.4 Å². The van der Waals surface area contributed by atoms with Crippen LogP contribution in [0.25, 0.3) is 10.2 Å². The number of nitrogens with one attached hydrogen (secondary N) is 1. The number of carbonyl (C=O) groups is 2. The van der Waals surface area contributed by atoms with Crippen LogP contribution in [0.2, 0.25) is 0 Å². The molecule has 1 aromatic carbocycles. The molecule has 122 valence electrons. The third-order valence-electron chi connectivity index (χ3n) is 3.46. The minimum absolute atomic E-state index is 0.280. The van der Waals surface area contributed by atoms with Crippen LogP contribution in [-0.2, 0) is 11.3 Å². The van der Waals surface area contributed by atoms with E-state index in [1.165, 1.54) is 6.33 Å². The molecule has 0 spiro atoms. The molecule has 3 aromatic rings. The van der Waals surface area contributed by atoms with Crippen LogP contribution in [0.3, 0.4) is 0 Å².